The van der Waals surface area contributed by atoms with Gasteiger partial charge in [0.1, 0.15) is 11.2 Å². The minimum atomic E-state index is -1.85. The van der Waals surface area contributed by atoms with Crippen LogP contribution >= 0.6 is 10.0 Å². The third-order valence-corrected chi connectivity index (χ3v) is 15.3. The zero-order valence-electron chi connectivity index (χ0n) is 31.1. The van der Waals surface area contributed by atoms with Crippen LogP contribution in [-0.2, 0) is 0 Å². The summed E-state index contributed by atoms with van der Waals surface area (Å²) in [6, 6.07) is 81.8. The highest BCUT2D eigenvalue weighted by atomic mass is 32.3. The van der Waals surface area contributed by atoms with Crippen LogP contribution < -0.4 is 4.90 Å². The molecule has 3 heteroatoms. The summed E-state index contributed by atoms with van der Waals surface area (Å²) < 4.78 is 6.51. The predicted octanol–water partition coefficient (Wildman–Crippen LogP) is 15.7. The van der Waals surface area contributed by atoms with E-state index in [1.54, 1.807) is 0 Å². The molecule has 0 saturated heterocycles. The smallest absolute Gasteiger partial charge is 0.136 e. The van der Waals surface area contributed by atoms with Crippen LogP contribution in [0.4, 0.5) is 17.1 Å². The molecule has 1 aromatic heterocycles. The number of hydrogen-bond donors (Lipinski definition) is 0. The standard InChI is InChI=1S/C54H37NOS/c1-5-18-38(19-6-1)44-28-17-29-49(54(44)39-32-34-46-45-26-13-15-30-50(45)56-51(46)36-39)55(40-20-7-2-8-21-40)41-33-35-48-47-27-14-16-31-52(47)57(53(48)37-41,42-22-9-3-10-23-42)43-24-11-4-12-25-43/h1-37H. The number of benzene rings is 9. The maximum atomic E-state index is 6.51. The number of para-hydroxylation sites is 2. The monoisotopic (exact) mass is 747 g/mol. The van der Waals surface area contributed by atoms with Gasteiger partial charge in [-0.3, -0.25) is 0 Å². The molecule has 270 valence electrons. The maximum absolute atomic E-state index is 6.51. The molecule has 0 saturated carbocycles. The van der Waals surface area contributed by atoms with Crippen LogP contribution in [0.1, 0.15) is 0 Å². The maximum Gasteiger partial charge on any atom is 0.136 e. The Balaban J connectivity index is 1.20. The number of anilines is 3. The third-order valence-electron chi connectivity index (χ3n) is 11.3. The number of hydrogen-bond acceptors (Lipinski definition) is 2. The zero-order valence-corrected chi connectivity index (χ0v) is 31.9. The highest BCUT2D eigenvalue weighted by Crippen LogP contribution is 2.80. The fourth-order valence-electron chi connectivity index (χ4n) is 8.87. The first-order chi connectivity index (χ1) is 28.3. The van der Waals surface area contributed by atoms with Crippen LogP contribution in [0.2, 0.25) is 0 Å². The Labute approximate surface area is 334 Å². The van der Waals surface area contributed by atoms with Crippen LogP contribution in [0.5, 0.6) is 0 Å². The zero-order chi connectivity index (χ0) is 37.8. The van der Waals surface area contributed by atoms with Crippen LogP contribution in [0.3, 0.4) is 0 Å². The van der Waals surface area contributed by atoms with Gasteiger partial charge in [-0.15, -0.1) is 10.0 Å². The van der Waals surface area contributed by atoms with E-state index < -0.39 is 10.0 Å². The molecule has 0 atom stereocenters. The third kappa shape index (κ3) is 5.28. The predicted molar refractivity (Wildman–Crippen MR) is 238 cm³/mol. The van der Waals surface area contributed by atoms with Gasteiger partial charge in [-0.2, -0.15) is 0 Å². The van der Waals surface area contributed by atoms with Crippen molar-refractivity contribution in [3.63, 3.8) is 0 Å². The molecule has 0 amide bonds. The van der Waals surface area contributed by atoms with Gasteiger partial charge in [-0.05, 0) is 107 Å². The summed E-state index contributed by atoms with van der Waals surface area (Å²) in [6.07, 6.45) is 0. The number of nitrogens with zero attached hydrogens (tertiary/aromatic N) is 1. The number of rotatable bonds is 7. The van der Waals surface area contributed by atoms with Crippen molar-refractivity contribution in [2.45, 2.75) is 19.6 Å². The molecule has 11 rings (SSSR count). The minimum absolute atomic E-state index is 0.878. The molecule has 2 heterocycles. The van der Waals surface area contributed by atoms with E-state index >= 15 is 0 Å². The quantitative estimate of drug-likeness (QED) is 0.161. The van der Waals surface area contributed by atoms with E-state index in [0.29, 0.717) is 0 Å². The van der Waals surface area contributed by atoms with Crippen LogP contribution in [0.15, 0.2) is 248 Å². The summed E-state index contributed by atoms with van der Waals surface area (Å²) in [5, 5.41) is 2.25. The molecule has 57 heavy (non-hydrogen) atoms. The lowest BCUT2D eigenvalue weighted by molar-refractivity contribution is 0.669. The summed E-state index contributed by atoms with van der Waals surface area (Å²) in [4.78, 5) is 7.85. The van der Waals surface area contributed by atoms with E-state index in [4.69, 9.17) is 4.42 Å². The first kappa shape index (κ1) is 33.3. The SMILES string of the molecule is c1ccc(-c2cccc(N(c3ccccc3)c3ccc4c(c3)S(c3ccccc3)(c3ccccc3)c3ccccc3-4)c2-c2ccc3c(c2)oc2ccccc23)cc1. The van der Waals surface area contributed by atoms with E-state index in [-0.39, 0.29) is 0 Å². The van der Waals surface area contributed by atoms with Gasteiger partial charge < -0.3 is 9.32 Å². The minimum Gasteiger partial charge on any atom is -0.456 e. The second kappa shape index (κ2) is 13.6. The highest BCUT2D eigenvalue weighted by molar-refractivity contribution is 8.34. The molecule has 0 N–H and O–H groups in total. The average Bonchev–Trinajstić information content (AvgIpc) is 3.81. The van der Waals surface area contributed by atoms with E-state index in [1.165, 1.54) is 30.7 Å². The van der Waals surface area contributed by atoms with Gasteiger partial charge in [0.25, 0.3) is 0 Å². The van der Waals surface area contributed by atoms with Crippen molar-refractivity contribution in [3.05, 3.63) is 224 Å². The molecule has 0 spiro atoms. The van der Waals surface area contributed by atoms with Gasteiger partial charge in [0, 0.05) is 47.3 Å². The summed E-state index contributed by atoms with van der Waals surface area (Å²) in [5.41, 5.74) is 12.2. The fourth-order valence-corrected chi connectivity index (χ4v) is 13.1. The Morgan fingerprint density at radius 2 is 0.947 bits per heavy atom. The van der Waals surface area contributed by atoms with E-state index in [9.17, 15) is 0 Å². The van der Waals surface area contributed by atoms with Crippen molar-refractivity contribution in [3.8, 4) is 33.4 Å². The molecule has 1 aliphatic heterocycles. The normalized spacial score (nSPS) is 13.3. The van der Waals surface area contributed by atoms with E-state index in [1.807, 2.05) is 6.07 Å². The van der Waals surface area contributed by atoms with Gasteiger partial charge in [0.2, 0.25) is 0 Å². The molecular weight excluding hydrogens is 711 g/mol. The second-order valence-corrected chi connectivity index (χ2v) is 17.5. The molecule has 10 aromatic rings. The number of furan rings is 1. The Kier molecular flexibility index (Phi) is 7.94. The second-order valence-electron chi connectivity index (χ2n) is 14.5. The Hall–Kier alpha value is -7.07. The van der Waals surface area contributed by atoms with Gasteiger partial charge in [0.15, 0.2) is 0 Å². The Bertz CT molecular complexity index is 3030. The van der Waals surface area contributed by atoms with Crippen LogP contribution in [-0.4, -0.2) is 0 Å². The molecule has 0 unspecified atom stereocenters. The van der Waals surface area contributed by atoms with E-state index in [0.717, 1.165) is 61.3 Å². The van der Waals surface area contributed by atoms with E-state index in [2.05, 4.69) is 223 Å². The molecule has 0 bridgehead atoms. The summed E-state index contributed by atoms with van der Waals surface area (Å²) >= 11 is 0. The molecule has 0 aliphatic carbocycles. The fraction of sp³-hybridized carbons (Fsp3) is 0. The summed E-state index contributed by atoms with van der Waals surface area (Å²) in [6.45, 7) is 0. The summed E-state index contributed by atoms with van der Waals surface area (Å²) in [5.74, 6) is 0. The van der Waals surface area contributed by atoms with Crippen molar-refractivity contribution in [2.24, 2.45) is 0 Å². The Morgan fingerprint density at radius 3 is 1.70 bits per heavy atom. The largest absolute Gasteiger partial charge is 0.456 e. The highest BCUT2D eigenvalue weighted by Gasteiger charge is 2.42. The first-order valence-corrected chi connectivity index (χ1v) is 21.0. The van der Waals surface area contributed by atoms with Crippen molar-refractivity contribution in [1.29, 1.82) is 0 Å². The Morgan fingerprint density at radius 1 is 0.351 bits per heavy atom. The molecule has 1 aliphatic rings. The molecule has 0 radical (unpaired) electrons. The topological polar surface area (TPSA) is 16.4 Å². The lowest BCUT2D eigenvalue weighted by Gasteiger charge is -2.40. The van der Waals surface area contributed by atoms with Crippen molar-refractivity contribution in [2.75, 3.05) is 4.90 Å². The van der Waals surface area contributed by atoms with Gasteiger partial charge >= 0.3 is 0 Å². The van der Waals surface area contributed by atoms with Gasteiger partial charge in [-0.1, -0.05) is 146 Å². The molecule has 2 nitrogen and oxygen atoms in total. The van der Waals surface area contributed by atoms with Gasteiger partial charge in [0.05, 0.1) is 5.69 Å². The van der Waals surface area contributed by atoms with Crippen LogP contribution in [0.25, 0.3) is 55.3 Å². The molecule has 0 fully saturated rings. The molecular formula is C54H37NOS. The lowest BCUT2D eigenvalue weighted by atomic mass is 9.91. The number of fused-ring (bicyclic) bond motifs is 6. The van der Waals surface area contributed by atoms with Crippen LogP contribution in [0, 0.1) is 0 Å². The molecule has 9 aromatic carbocycles. The average molecular weight is 748 g/mol. The van der Waals surface area contributed by atoms with Crippen molar-refractivity contribution < 1.29 is 4.42 Å². The first-order valence-electron chi connectivity index (χ1n) is 19.4. The lowest BCUT2D eigenvalue weighted by Crippen LogP contribution is -2.12. The van der Waals surface area contributed by atoms with Crippen molar-refractivity contribution >= 4 is 49.0 Å². The van der Waals surface area contributed by atoms with Crippen molar-refractivity contribution in [1.82, 2.24) is 0 Å². The summed E-state index contributed by atoms with van der Waals surface area (Å²) in [7, 11) is -1.85. The van der Waals surface area contributed by atoms with Gasteiger partial charge in [-0.25, -0.2) is 0 Å².